The standard InChI is InChI=1S/C17H19ClN2O4S/c1-20(10-11-24-14-7-5-6-13(18)12-14)17(21)15-8-3-4-9-16(15)19-25(2,22)23/h3-9,12,19H,10-11H2,1-2H3. The number of benzene rings is 2. The van der Waals surface area contributed by atoms with E-state index in [1.165, 1.54) is 4.90 Å². The molecule has 0 atom stereocenters. The molecule has 0 heterocycles. The largest absolute Gasteiger partial charge is 0.492 e. The Hall–Kier alpha value is -2.25. The average Bonchev–Trinajstić information content (AvgIpc) is 2.53. The Morgan fingerprint density at radius 1 is 1.20 bits per heavy atom. The van der Waals surface area contributed by atoms with Crippen LogP contribution in [0.2, 0.25) is 5.02 Å². The zero-order chi connectivity index (χ0) is 18.4. The molecule has 0 unspecified atom stereocenters. The van der Waals surface area contributed by atoms with Gasteiger partial charge < -0.3 is 9.64 Å². The Bertz CT molecular complexity index is 855. The quantitative estimate of drug-likeness (QED) is 0.798. The molecule has 2 rings (SSSR count). The van der Waals surface area contributed by atoms with E-state index in [0.717, 1.165) is 6.26 Å². The lowest BCUT2D eigenvalue weighted by Crippen LogP contribution is -2.31. The highest BCUT2D eigenvalue weighted by atomic mass is 35.5. The molecule has 0 saturated carbocycles. The van der Waals surface area contributed by atoms with Crippen LogP contribution in [-0.4, -0.2) is 45.7 Å². The number of halogens is 1. The van der Waals surface area contributed by atoms with Crippen molar-refractivity contribution in [1.29, 1.82) is 0 Å². The summed E-state index contributed by atoms with van der Waals surface area (Å²) in [4.78, 5) is 14.0. The van der Waals surface area contributed by atoms with Gasteiger partial charge in [0.2, 0.25) is 10.0 Å². The van der Waals surface area contributed by atoms with Crippen LogP contribution in [0.4, 0.5) is 5.69 Å². The Morgan fingerprint density at radius 2 is 1.92 bits per heavy atom. The van der Waals surface area contributed by atoms with E-state index in [0.29, 0.717) is 17.3 Å². The number of anilines is 1. The van der Waals surface area contributed by atoms with E-state index in [9.17, 15) is 13.2 Å². The Labute approximate surface area is 152 Å². The topological polar surface area (TPSA) is 75.7 Å². The molecule has 2 aromatic rings. The first-order valence-electron chi connectivity index (χ1n) is 7.47. The minimum absolute atomic E-state index is 0.248. The molecule has 0 aliphatic rings. The van der Waals surface area contributed by atoms with Gasteiger partial charge in [0.05, 0.1) is 24.1 Å². The number of likely N-dealkylation sites (N-methyl/N-ethyl adjacent to an activating group) is 1. The fourth-order valence-electron chi connectivity index (χ4n) is 2.12. The number of nitrogens with one attached hydrogen (secondary N) is 1. The molecule has 1 amide bonds. The second-order valence-corrected chi connectivity index (χ2v) is 7.64. The number of carbonyl (C=O) groups is 1. The van der Waals surface area contributed by atoms with Crippen LogP contribution in [0.15, 0.2) is 48.5 Å². The van der Waals surface area contributed by atoms with Crippen molar-refractivity contribution in [2.45, 2.75) is 0 Å². The molecule has 0 bridgehead atoms. The third kappa shape index (κ3) is 5.95. The molecular weight excluding hydrogens is 364 g/mol. The van der Waals surface area contributed by atoms with Gasteiger partial charge in [0.25, 0.3) is 5.91 Å². The monoisotopic (exact) mass is 382 g/mol. The minimum atomic E-state index is -3.47. The molecule has 0 radical (unpaired) electrons. The summed E-state index contributed by atoms with van der Waals surface area (Å²) in [7, 11) is -1.85. The predicted octanol–water partition coefficient (Wildman–Crippen LogP) is 2.86. The minimum Gasteiger partial charge on any atom is -0.492 e. The maximum atomic E-state index is 12.6. The number of hydrogen-bond acceptors (Lipinski definition) is 4. The van der Waals surface area contributed by atoms with Crippen LogP contribution >= 0.6 is 11.6 Å². The SMILES string of the molecule is CN(CCOc1cccc(Cl)c1)C(=O)c1ccccc1NS(C)(=O)=O. The third-order valence-electron chi connectivity index (χ3n) is 3.29. The van der Waals surface area contributed by atoms with Gasteiger partial charge in [-0.2, -0.15) is 0 Å². The van der Waals surface area contributed by atoms with Crippen molar-refractivity contribution in [2.24, 2.45) is 0 Å². The first-order chi connectivity index (χ1) is 11.8. The van der Waals surface area contributed by atoms with Crippen LogP contribution in [0.3, 0.4) is 0 Å². The summed E-state index contributed by atoms with van der Waals surface area (Å²) in [6.45, 7) is 0.614. The van der Waals surface area contributed by atoms with Crippen molar-refractivity contribution >= 4 is 33.2 Å². The lowest BCUT2D eigenvalue weighted by Gasteiger charge is -2.19. The van der Waals surface area contributed by atoms with E-state index in [1.807, 2.05) is 0 Å². The zero-order valence-corrected chi connectivity index (χ0v) is 15.5. The van der Waals surface area contributed by atoms with Crippen LogP contribution in [0.5, 0.6) is 5.75 Å². The van der Waals surface area contributed by atoms with Crippen molar-refractivity contribution in [2.75, 3.05) is 31.2 Å². The summed E-state index contributed by atoms with van der Waals surface area (Å²) in [5.41, 5.74) is 0.524. The second-order valence-electron chi connectivity index (χ2n) is 5.45. The van der Waals surface area contributed by atoms with E-state index < -0.39 is 10.0 Å². The van der Waals surface area contributed by atoms with Crippen molar-refractivity contribution < 1.29 is 17.9 Å². The number of amides is 1. The molecule has 0 saturated heterocycles. The Kier molecular flexibility index (Phi) is 6.27. The number of carbonyl (C=O) groups excluding carboxylic acids is 1. The van der Waals surface area contributed by atoms with Crippen LogP contribution in [0.25, 0.3) is 0 Å². The number of nitrogens with zero attached hydrogens (tertiary/aromatic N) is 1. The summed E-state index contributed by atoms with van der Waals surface area (Å²) < 4.78 is 30.8. The van der Waals surface area contributed by atoms with Crippen molar-refractivity contribution in [3.63, 3.8) is 0 Å². The van der Waals surface area contributed by atoms with Gasteiger partial charge >= 0.3 is 0 Å². The van der Waals surface area contributed by atoms with Crippen LogP contribution in [0, 0.1) is 0 Å². The molecule has 0 aliphatic carbocycles. The van der Waals surface area contributed by atoms with Crippen molar-refractivity contribution in [3.8, 4) is 5.75 Å². The lowest BCUT2D eigenvalue weighted by molar-refractivity contribution is 0.0775. The first kappa shape index (κ1) is 19.1. The third-order valence-corrected chi connectivity index (χ3v) is 4.12. The fraction of sp³-hybridized carbons (Fsp3) is 0.235. The van der Waals surface area contributed by atoms with Gasteiger partial charge in [-0.15, -0.1) is 0 Å². The van der Waals surface area contributed by atoms with Gasteiger partial charge in [-0.1, -0.05) is 29.8 Å². The molecule has 1 N–H and O–H groups in total. The number of ether oxygens (including phenoxy) is 1. The molecule has 0 aromatic heterocycles. The predicted molar refractivity (Wildman–Crippen MR) is 98.8 cm³/mol. The highest BCUT2D eigenvalue weighted by Gasteiger charge is 2.17. The van der Waals surface area contributed by atoms with E-state index in [1.54, 1.807) is 55.6 Å². The number of rotatable bonds is 7. The number of sulfonamides is 1. The number of para-hydroxylation sites is 1. The summed E-state index contributed by atoms with van der Waals surface area (Å²) in [6.07, 6.45) is 1.04. The molecule has 8 heteroatoms. The first-order valence-corrected chi connectivity index (χ1v) is 9.74. The summed E-state index contributed by atoms with van der Waals surface area (Å²) in [5.74, 6) is 0.314. The zero-order valence-electron chi connectivity index (χ0n) is 13.9. The van der Waals surface area contributed by atoms with Crippen LogP contribution in [-0.2, 0) is 10.0 Å². The summed E-state index contributed by atoms with van der Waals surface area (Å²) in [6, 6.07) is 13.4. The highest BCUT2D eigenvalue weighted by molar-refractivity contribution is 7.92. The Balaban J connectivity index is 2.00. The molecule has 0 aliphatic heterocycles. The second kappa shape index (κ2) is 8.22. The Morgan fingerprint density at radius 3 is 2.60 bits per heavy atom. The fourth-order valence-corrected chi connectivity index (χ4v) is 2.88. The molecule has 0 fully saturated rings. The van der Waals surface area contributed by atoms with Gasteiger partial charge in [-0.25, -0.2) is 8.42 Å². The molecule has 0 spiro atoms. The smallest absolute Gasteiger partial charge is 0.255 e. The number of hydrogen-bond donors (Lipinski definition) is 1. The van der Waals surface area contributed by atoms with E-state index in [2.05, 4.69) is 4.72 Å². The van der Waals surface area contributed by atoms with Crippen LogP contribution < -0.4 is 9.46 Å². The van der Waals surface area contributed by atoms with Gasteiger partial charge in [0.15, 0.2) is 0 Å². The van der Waals surface area contributed by atoms with Crippen molar-refractivity contribution in [1.82, 2.24) is 4.90 Å². The molecule has 6 nitrogen and oxygen atoms in total. The molecular formula is C17H19ClN2O4S. The molecule has 134 valence electrons. The van der Waals surface area contributed by atoms with Crippen molar-refractivity contribution in [3.05, 3.63) is 59.1 Å². The van der Waals surface area contributed by atoms with Gasteiger partial charge in [-0.05, 0) is 30.3 Å². The lowest BCUT2D eigenvalue weighted by atomic mass is 10.1. The van der Waals surface area contributed by atoms with Gasteiger partial charge in [0, 0.05) is 12.1 Å². The van der Waals surface area contributed by atoms with Gasteiger partial charge in [0.1, 0.15) is 12.4 Å². The highest BCUT2D eigenvalue weighted by Crippen LogP contribution is 2.19. The van der Waals surface area contributed by atoms with E-state index >= 15 is 0 Å². The normalized spacial score (nSPS) is 11.0. The average molecular weight is 383 g/mol. The van der Waals surface area contributed by atoms with E-state index in [-0.39, 0.29) is 23.8 Å². The van der Waals surface area contributed by atoms with Crippen LogP contribution in [0.1, 0.15) is 10.4 Å². The molecule has 25 heavy (non-hydrogen) atoms. The molecule has 2 aromatic carbocycles. The maximum absolute atomic E-state index is 12.6. The maximum Gasteiger partial charge on any atom is 0.255 e. The summed E-state index contributed by atoms with van der Waals surface area (Å²) in [5, 5.41) is 0.572. The summed E-state index contributed by atoms with van der Waals surface area (Å²) >= 11 is 5.89. The van der Waals surface area contributed by atoms with Gasteiger partial charge in [-0.3, -0.25) is 9.52 Å². The van der Waals surface area contributed by atoms with E-state index in [4.69, 9.17) is 16.3 Å².